The lowest BCUT2D eigenvalue weighted by atomic mass is 10.2. The predicted octanol–water partition coefficient (Wildman–Crippen LogP) is 2.08. The second-order valence-corrected chi connectivity index (χ2v) is 6.36. The van der Waals surface area contributed by atoms with Gasteiger partial charge in [-0.05, 0) is 30.3 Å². The molecule has 5 N–H and O–H groups in total. The van der Waals surface area contributed by atoms with Crippen molar-refractivity contribution >= 4 is 28.0 Å². The van der Waals surface area contributed by atoms with Gasteiger partial charge in [-0.1, -0.05) is 12.1 Å². The highest BCUT2D eigenvalue weighted by atomic mass is 19.1. The molecule has 0 aliphatic carbocycles. The number of aromatic amines is 2. The molecule has 2 aromatic carbocycles. The number of benzene rings is 2. The van der Waals surface area contributed by atoms with E-state index in [2.05, 4.69) is 24.9 Å². The highest BCUT2D eigenvalue weighted by Crippen LogP contribution is 2.24. The van der Waals surface area contributed by atoms with Crippen molar-refractivity contribution in [3.8, 4) is 17.1 Å². The number of imidazole rings is 2. The number of amidine groups is 1. The number of rotatable bonds is 3. The van der Waals surface area contributed by atoms with E-state index in [-0.39, 0.29) is 34.2 Å². The molecule has 5 rings (SSSR count). The van der Waals surface area contributed by atoms with Crippen molar-refractivity contribution in [1.82, 2.24) is 29.5 Å². The number of nitrogens with two attached hydrogens (primary N) is 1. The summed E-state index contributed by atoms with van der Waals surface area (Å²) in [4.78, 5) is 31.2. The number of hydrogen-bond acceptors (Lipinski definition) is 5. The minimum Gasteiger partial charge on any atom is -0.382 e. The molecule has 9 nitrogen and oxygen atoms in total. The van der Waals surface area contributed by atoms with Gasteiger partial charge in [0.1, 0.15) is 22.9 Å². The Balaban J connectivity index is 1.85. The first-order chi connectivity index (χ1) is 14.0. The van der Waals surface area contributed by atoms with Gasteiger partial charge in [0, 0.05) is 5.56 Å². The van der Waals surface area contributed by atoms with Crippen molar-refractivity contribution in [2.75, 3.05) is 0 Å². The van der Waals surface area contributed by atoms with Gasteiger partial charge in [0.05, 0.1) is 23.0 Å². The molecule has 0 fully saturated rings. The average molecular weight is 388 g/mol. The quantitative estimate of drug-likeness (QED) is 0.276. The van der Waals surface area contributed by atoms with Crippen LogP contribution in [-0.2, 0) is 0 Å². The molecule has 0 aliphatic rings. The second kappa shape index (κ2) is 6.09. The lowest BCUT2D eigenvalue weighted by Gasteiger charge is -2.08. The molecule has 10 heteroatoms. The Bertz CT molecular complexity index is 1480. The van der Waals surface area contributed by atoms with Crippen molar-refractivity contribution < 1.29 is 4.39 Å². The molecular weight excluding hydrogens is 375 g/mol. The maximum atomic E-state index is 14.4. The number of aromatic nitrogens is 6. The van der Waals surface area contributed by atoms with Gasteiger partial charge in [0.15, 0.2) is 11.5 Å². The van der Waals surface area contributed by atoms with Gasteiger partial charge in [-0.2, -0.15) is 0 Å². The third-order valence-electron chi connectivity index (χ3n) is 4.56. The number of nitrogens with zero attached hydrogens (tertiary/aromatic N) is 4. The molecule has 0 saturated heterocycles. The lowest BCUT2D eigenvalue weighted by Crippen LogP contribution is -2.16. The Morgan fingerprint density at radius 2 is 2.00 bits per heavy atom. The van der Waals surface area contributed by atoms with Crippen LogP contribution in [0.4, 0.5) is 4.39 Å². The molecule has 0 amide bonds. The summed E-state index contributed by atoms with van der Waals surface area (Å²) in [7, 11) is 0. The predicted molar refractivity (Wildman–Crippen MR) is 106 cm³/mol. The Morgan fingerprint density at radius 1 is 1.17 bits per heavy atom. The van der Waals surface area contributed by atoms with Crippen LogP contribution in [0.25, 0.3) is 39.3 Å². The largest absolute Gasteiger partial charge is 0.382 e. The second-order valence-electron chi connectivity index (χ2n) is 6.36. The molecule has 0 aliphatic heterocycles. The van der Waals surface area contributed by atoms with Crippen molar-refractivity contribution in [2.45, 2.75) is 0 Å². The van der Waals surface area contributed by atoms with E-state index >= 15 is 0 Å². The standard InChI is InChI=1S/C19H13FN8O/c20-10-3-1-2-4-13(10)28-18-15(26-19(28)29)14(16(21)22)25-17(27-18)9-5-6-11-12(7-9)24-8-23-11/h1-8H,(H3,21,22)(H,23,24)(H,26,29). The molecule has 0 atom stereocenters. The monoisotopic (exact) mass is 388 g/mol. The molecule has 0 unspecified atom stereocenters. The van der Waals surface area contributed by atoms with Crippen LogP contribution in [0.15, 0.2) is 53.6 Å². The Labute approximate surface area is 161 Å². The maximum Gasteiger partial charge on any atom is 0.332 e. The van der Waals surface area contributed by atoms with Crippen LogP contribution in [0.1, 0.15) is 5.69 Å². The number of halogens is 1. The summed E-state index contributed by atoms with van der Waals surface area (Å²) in [6, 6.07) is 11.2. The Hall–Kier alpha value is -4.34. The van der Waals surface area contributed by atoms with Crippen molar-refractivity contribution in [3.05, 3.63) is 70.8 Å². The third kappa shape index (κ3) is 2.57. The SMILES string of the molecule is N=C(N)c1nc(-c2ccc3nc[nH]c3c2)nc2c1[nH]c(=O)n2-c1ccccc1F. The van der Waals surface area contributed by atoms with E-state index < -0.39 is 11.5 Å². The highest BCUT2D eigenvalue weighted by molar-refractivity contribution is 6.03. The van der Waals surface area contributed by atoms with Gasteiger partial charge in [-0.3, -0.25) is 5.41 Å². The number of nitrogen functional groups attached to an aromatic ring is 1. The molecule has 3 heterocycles. The summed E-state index contributed by atoms with van der Waals surface area (Å²) in [5.74, 6) is -0.689. The summed E-state index contributed by atoms with van der Waals surface area (Å²) in [6.45, 7) is 0. The number of H-pyrrole nitrogens is 2. The molecule has 29 heavy (non-hydrogen) atoms. The topological polar surface area (TPSA) is 142 Å². The van der Waals surface area contributed by atoms with Gasteiger partial charge in [0.25, 0.3) is 0 Å². The molecule has 142 valence electrons. The summed E-state index contributed by atoms with van der Waals surface area (Å²) < 4.78 is 15.5. The van der Waals surface area contributed by atoms with Crippen LogP contribution in [-0.4, -0.2) is 35.3 Å². The minimum absolute atomic E-state index is 0.0342. The third-order valence-corrected chi connectivity index (χ3v) is 4.56. The summed E-state index contributed by atoms with van der Waals surface area (Å²) in [5, 5.41) is 7.88. The van der Waals surface area contributed by atoms with Crippen LogP contribution in [0, 0.1) is 11.2 Å². The molecule has 0 radical (unpaired) electrons. The Kier molecular flexibility index (Phi) is 3.53. The van der Waals surface area contributed by atoms with Crippen LogP contribution < -0.4 is 11.4 Å². The van der Waals surface area contributed by atoms with Crippen molar-refractivity contribution in [2.24, 2.45) is 5.73 Å². The fraction of sp³-hybridized carbons (Fsp3) is 0. The van der Waals surface area contributed by atoms with E-state index in [0.717, 1.165) is 15.6 Å². The molecule has 0 bridgehead atoms. The molecule has 0 spiro atoms. The van der Waals surface area contributed by atoms with Gasteiger partial charge < -0.3 is 15.7 Å². The summed E-state index contributed by atoms with van der Waals surface area (Å²) in [5.41, 5.74) is 7.64. The Morgan fingerprint density at radius 3 is 2.79 bits per heavy atom. The van der Waals surface area contributed by atoms with E-state index in [1.165, 1.54) is 18.2 Å². The van der Waals surface area contributed by atoms with E-state index in [1.807, 2.05) is 0 Å². The summed E-state index contributed by atoms with van der Waals surface area (Å²) in [6.07, 6.45) is 1.57. The zero-order valence-electron chi connectivity index (χ0n) is 14.8. The molecule has 3 aromatic heterocycles. The van der Waals surface area contributed by atoms with Crippen LogP contribution in [0.3, 0.4) is 0 Å². The fourth-order valence-corrected chi connectivity index (χ4v) is 3.24. The van der Waals surface area contributed by atoms with Crippen molar-refractivity contribution in [3.63, 3.8) is 0 Å². The first kappa shape index (κ1) is 16.8. The lowest BCUT2D eigenvalue weighted by molar-refractivity contribution is 0.617. The van der Waals surface area contributed by atoms with E-state index in [0.29, 0.717) is 5.56 Å². The number of para-hydroxylation sites is 1. The van der Waals surface area contributed by atoms with Crippen LogP contribution >= 0.6 is 0 Å². The first-order valence-corrected chi connectivity index (χ1v) is 8.58. The molecule has 5 aromatic rings. The van der Waals surface area contributed by atoms with Gasteiger partial charge in [-0.15, -0.1) is 0 Å². The zero-order valence-corrected chi connectivity index (χ0v) is 14.8. The van der Waals surface area contributed by atoms with E-state index in [9.17, 15) is 9.18 Å². The number of nitrogens with one attached hydrogen (secondary N) is 3. The molecule has 0 saturated carbocycles. The maximum absolute atomic E-state index is 14.4. The van der Waals surface area contributed by atoms with Crippen LogP contribution in [0.2, 0.25) is 0 Å². The number of fused-ring (bicyclic) bond motifs is 2. The molecular formula is C19H13FN8O. The smallest absolute Gasteiger partial charge is 0.332 e. The van der Waals surface area contributed by atoms with Gasteiger partial charge >= 0.3 is 5.69 Å². The van der Waals surface area contributed by atoms with Gasteiger partial charge in [-0.25, -0.2) is 28.7 Å². The highest BCUT2D eigenvalue weighted by Gasteiger charge is 2.20. The number of hydrogen-bond donors (Lipinski definition) is 4. The van der Waals surface area contributed by atoms with Crippen LogP contribution in [0.5, 0.6) is 0 Å². The van der Waals surface area contributed by atoms with E-state index in [4.69, 9.17) is 11.1 Å². The van der Waals surface area contributed by atoms with E-state index in [1.54, 1.807) is 30.6 Å². The van der Waals surface area contributed by atoms with Gasteiger partial charge in [0.2, 0.25) is 0 Å². The minimum atomic E-state index is -0.608. The van der Waals surface area contributed by atoms with Crippen molar-refractivity contribution in [1.29, 1.82) is 5.41 Å². The summed E-state index contributed by atoms with van der Waals surface area (Å²) >= 11 is 0. The zero-order chi connectivity index (χ0) is 20.1. The average Bonchev–Trinajstić information content (AvgIpc) is 3.30. The fourth-order valence-electron chi connectivity index (χ4n) is 3.24. The first-order valence-electron chi connectivity index (χ1n) is 8.58. The normalized spacial score (nSPS) is 11.3.